The van der Waals surface area contributed by atoms with Crippen molar-refractivity contribution in [2.45, 2.75) is 13.0 Å². The molecule has 1 saturated heterocycles. The lowest BCUT2D eigenvalue weighted by Crippen LogP contribution is -2.58. The van der Waals surface area contributed by atoms with Gasteiger partial charge in [-0.15, -0.1) is 0 Å². The maximum absolute atomic E-state index is 12.8. The van der Waals surface area contributed by atoms with Gasteiger partial charge in [0.25, 0.3) is 5.91 Å². The molecule has 4 rings (SSSR count). The Kier molecular flexibility index (Phi) is 5.55. The first-order chi connectivity index (χ1) is 14.6. The molecule has 2 aliphatic rings. The number of carbonyl (C=O) groups excluding carboxylic acids is 3. The summed E-state index contributed by atoms with van der Waals surface area (Å²) < 4.78 is 15.7. The molecule has 0 radical (unpaired) electrons. The third-order valence-corrected chi connectivity index (χ3v) is 5.07. The quantitative estimate of drug-likeness (QED) is 0.587. The second-order valence-electron chi connectivity index (χ2n) is 6.89. The molecule has 158 valence electrons. The largest absolute Gasteiger partial charge is 0.467 e. The molecule has 2 aromatic heterocycles. The molecule has 0 bridgehead atoms. The summed E-state index contributed by atoms with van der Waals surface area (Å²) in [5, 5.41) is 2.71. The van der Waals surface area contributed by atoms with E-state index in [0.717, 1.165) is 0 Å². The number of rotatable bonds is 4. The van der Waals surface area contributed by atoms with Crippen LogP contribution in [0, 0.1) is 5.92 Å². The van der Waals surface area contributed by atoms with Gasteiger partial charge in [0.05, 0.1) is 19.1 Å². The average Bonchev–Trinajstić information content (AvgIpc) is 3.47. The maximum Gasteiger partial charge on any atom is 0.321 e. The van der Waals surface area contributed by atoms with Crippen molar-refractivity contribution in [1.29, 1.82) is 0 Å². The molecule has 0 spiro atoms. The number of aliphatic imine (C=N–C) groups is 1. The summed E-state index contributed by atoms with van der Waals surface area (Å²) in [6, 6.07) is 5.84. The van der Waals surface area contributed by atoms with Crippen LogP contribution >= 0.6 is 0 Å². The molecule has 10 nitrogen and oxygen atoms in total. The van der Waals surface area contributed by atoms with Crippen molar-refractivity contribution in [3.05, 3.63) is 48.3 Å². The molecule has 1 fully saturated rings. The number of piperazine rings is 1. The fourth-order valence-electron chi connectivity index (χ4n) is 3.56. The van der Waals surface area contributed by atoms with E-state index in [1.54, 1.807) is 36.1 Å². The van der Waals surface area contributed by atoms with Crippen molar-refractivity contribution in [2.75, 3.05) is 32.8 Å². The van der Waals surface area contributed by atoms with Crippen LogP contribution in [0.15, 0.2) is 50.6 Å². The third-order valence-electron chi connectivity index (χ3n) is 5.07. The Labute approximate surface area is 172 Å². The van der Waals surface area contributed by atoms with Gasteiger partial charge >= 0.3 is 5.97 Å². The highest BCUT2D eigenvalue weighted by Crippen LogP contribution is 2.31. The summed E-state index contributed by atoms with van der Waals surface area (Å²) in [4.78, 5) is 45.7. The minimum Gasteiger partial charge on any atom is -0.467 e. The molecule has 2 atom stereocenters. The Hall–Kier alpha value is -3.56. The Morgan fingerprint density at radius 2 is 1.90 bits per heavy atom. The molecular formula is C20H22N4O6. The van der Waals surface area contributed by atoms with Gasteiger partial charge in [0.1, 0.15) is 11.8 Å². The number of ether oxygens (including phenoxy) is 1. The van der Waals surface area contributed by atoms with Crippen LogP contribution in [0.2, 0.25) is 0 Å². The van der Waals surface area contributed by atoms with E-state index in [1.165, 1.54) is 12.5 Å². The Morgan fingerprint density at radius 3 is 2.53 bits per heavy atom. The minimum absolute atomic E-state index is 0.162. The topological polar surface area (TPSA) is 118 Å². The number of guanidine groups is 1. The molecule has 30 heavy (non-hydrogen) atoms. The van der Waals surface area contributed by atoms with Gasteiger partial charge < -0.3 is 23.4 Å². The molecule has 4 heterocycles. The van der Waals surface area contributed by atoms with E-state index in [1.807, 2.05) is 4.90 Å². The highest BCUT2D eigenvalue weighted by atomic mass is 16.5. The van der Waals surface area contributed by atoms with Gasteiger partial charge in [0.2, 0.25) is 11.9 Å². The first-order valence-electron chi connectivity index (χ1n) is 9.75. The predicted octanol–water partition coefficient (Wildman–Crippen LogP) is 1.04. The number of amides is 2. The molecule has 0 unspecified atom stereocenters. The van der Waals surface area contributed by atoms with E-state index < -0.39 is 23.8 Å². The fraction of sp³-hybridized carbons (Fsp3) is 0.400. The average molecular weight is 414 g/mol. The van der Waals surface area contributed by atoms with E-state index in [4.69, 9.17) is 13.6 Å². The summed E-state index contributed by atoms with van der Waals surface area (Å²) >= 11 is 0. The molecule has 10 heteroatoms. The van der Waals surface area contributed by atoms with Gasteiger partial charge in [-0.25, -0.2) is 4.99 Å². The lowest BCUT2D eigenvalue weighted by molar-refractivity contribution is -0.153. The standard InChI is InChI=1S/C20H22N4O6/c1-2-28-19(27)15-16(13-5-3-11-29-13)21-20(22-17(15)25)24-9-7-23(8-10-24)18(26)14-6-4-12-30-14/h3-6,11-12,15-16H,2,7-10H2,1H3,(H,21,22,25)/t15-,16-/m1/s1. The van der Waals surface area contributed by atoms with Crippen LogP contribution in [0.1, 0.15) is 29.3 Å². The number of esters is 1. The lowest BCUT2D eigenvalue weighted by atomic mass is 9.95. The van der Waals surface area contributed by atoms with Gasteiger partial charge in [-0.3, -0.25) is 19.7 Å². The van der Waals surface area contributed by atoms with Crippen molar-refractivity contribution in [3.8, 4) is 0 Å². The number of furan rings is 2. The highest BCUT2D eigenvalue weighted by Gasteiger charge is 2.43. The van der Waals surface area contributed by atoms with Crippen molar-refractivity contribution >= 4 is 23.7 Å². The van der Waals surface area contributed by atoms with Gasteiger partial charge in [-0.1, -0.05) is 0 Å². The third kappa shape index (κ3) is 3.80. The second-order valence-corrected chi connectivity index (χ2v) is 6.89. The van der Waals surface area contributed by atoms with Crippen LogP contribution < -0.4 is 5.32 Å². The van der Waals surface area contributed by atoms with Crippen LogP contribution in [-0.4, -0.2) is 66.3 Å². The Morgan fingerprint density at radius 1 is 1.17 bits per heavy atom. The number of nitrogens with zero attached hydrogens (tertiary/aromatic N) is 3. The molecule has 0 aromatic carbocycles. The molecule has 0 aliphatic carbocycles. The maximum atomic E-state index is 12.8. The van der Waals surface area contributed by atoms with E-state index in [2.05, 4.69) is 10.3 Å². The monoisotopic (exact) mass is 414 g/mol. The summed E-state index contributed by atoms with van der Waals surface area (Å²) in [5.74, 6) is -1.38. The number of nitrogens with one attached hydrogen (secondary N) is 1. The van der Waals surface area contributed by atoms with E-state index in [0.29, 0.717) is 43.7 Å². The zero-order valence-corrected chi connectivity index (χ0v) is 16.4. The van der Waals surface area contributed by atoms with Crippen LogP contribution in [0.25, 0.3) is 0 Å². The SMILES string of the molecule is CCOC(=O)[C@H]1C(=O)NC(N2CCN(C(=O)c3ccco3)CC2)=N[C@@H]1c1ccco1. The Balaban J connectivity index is 1.50. The minimum atomic E-state index is -1.12. The summed E-state index contributed by atoms with van der Waals surface area (Å²) in [7, 11) is 0. The van der Waals surface area contributed by atoms with E-state index in [-0.39, 0.29) is 12.5 Å². The lowest BCUT2D eigenvalue weighted by Gasteiger charge is -2.38. The van der Waals surface area contributed by atoms with Gasteiger partial charge in [-0.05, 0) is 31.2 Å². The predicted molar refractivity (Wildman–Crippen MR) is 103 cm³/mol. The molecule has 2 aromatic rings. The molecular weight excluding hydrogens is 392 g/mol. The fourth-order valence-corrected chi connectivity index (χ4v) is 3.56. The number of hydrogen-bond acceptors (Lipinski definition) is 8. The van der Waals surface area contributed by atoms with Crippen molar-refractivity contribution in [3.63, 3.8) is 0 Å². The summed E-state index contributed by atoms with van der Waals surface area (Å²) in [6.07, 6.45) is 2.93. The van der Waals surface area contributed by atoms with Crippen LogP contribution in [0.4, 0.5) is 0 Å². The Bertz CT molecular complexity index is 929. The highest BCUT2D eigenvalue weighted by molar-refractivity contribution is 6.08. The van der Waals surface area contributed by atoms with Crippen molar-refractivity contribution < 1.29 is 28.0 Å². The van der Waals surface area contributed by atoms with Crippen LogP contribution in [-0.2, 0) is 14.3 Å². The number of hydrogen-bond donors (Lipinski definition) is 1. The van der Waals surface area contributed by atoms with E-state index >= 15 is 0 Å². The van der Waals surface area contributed by atoms with Gasteiger partial charge in [0.15, 0.2) is 11.7 Å². The zero-order valence-electron chi connectivity index (χ0n) is 16.4. The van der Waals surface area contributed by atoms with Gasteiger partial charge in [-0.2, -0.15) is 0 Å². The van der Waals surface area contributed by atoms with Crippen LogP contribution in [0.3, 0.4) is 0 Å². The molecule has 2 amide bonds. The van der Waals surface area contributed by atoms with Crippen molar-refractivity contribution in [2.24, 2.45) is 10.9 Å². The van der Waals surface area contributed by atoms with Crippen molar-refractivity contribution in [1.82, 2.24) is 15.1 Å². The zero-order chi connectivity index (χ0) is 21.1. The van der Waals surface area contributed by atoms with E-state index in [9.17, 15) is 14.4 Å². The second kappa shape index (κ2) is 8.44. The summed E-state index contributed by atoms with van der Waals surface area (Å²) in [6.45, 7) is 3.68. The normalized spacial score (nSPS) is 21.8. The molecule has 0 saturated carbocycles. The first-order valence-corrected chi connectivity index (χ1v) is 9.75. The molecule has 2 aliphatic heterocycles. The number of carbonyl (C=O) groups is 3. The summed E-state index contributed by atoms with van der Waals surface area (Å²) in [5.41, 5.74) is 0. The van der Waals surface area contributed by atoms with Gasteiger partial charge in [0, 0.05) is 26.2 Å². The molecule has 1 N–H and O–H groups in total. The first kappa shape index (κ1) is 19.7. The smallest absolute Gasteiger partial charge is 0.321 e. The van der Waals surface area contributed by atoms with Crippen LogP contribution in [0.5, 0.6) is 0 Å².